The van der Waals surface area contributed by atoms with Crippen LogP contribution < -0.4 is 11.1 Å². The molecule has 0 bridgehead atoms. The summed E-state index contributed by atoms with van der Waals surface area (Å²) in [6.45, 7) is 8.93. The fourth-order valence-electron chi connectivity index (χ4n) is 2.25. The van der Waals surface area contributed by atoms with Gasteiger partial charge in [0.25, 0.3) is 0 Å². The topological polar surface area (TPSA) is 55.1 Å². The summed E-state index contributed by atoms with van der Waals surface area (Å²) in [5.41, 5.74) is 5.68. The van der Waals surface area contributed by atoms with Crippen molar-refractivity contribution in [1.82, 2.24) is 5.32 Å². The van der Waals surface area contributed by atoms with Crippen molar-refractivity contribution in [3.63, 3.8) is 0 Å². The molecule has 3 nitrogen and oxygen atoms in total. The molecule has 3 N–H and O–H groups in total. The van der Waals surface area contributed by atoms with E-state index in [1.165, 1.54) is 12.8 Å². The van der Waals surface area contributed by atoms with Gasteiger partial charge in [0.15, 0.2) is 0 Å². The molecular weight excluding hydrogens is 200 g/mol. The molecule has 0 saturated heterocycles. The zero-order valence-electron chi connectivity index (χ0n) is 11.0. The standard InChI is InChI=1S/C13H26N2O/c1-9(2)7-13(3,4)12(16)15-8-11(14)10-5-6-10/h9-11H,5-8,14H2,1-4H3,(H,15,16). The SMILES string of the molecule is CC(C)CC(C)(C)C(=O)NCC(N)C1CC1. The number of nitrogens with two attached hydrogens (primary N) is 1. The van der Waals surface area contributed by atoms with Crippen molar-refractivity contribution in [2.75, 3.05) is 6.54 Å². The Morgan fingerprint density at radius 3 is 2.44 bits per heavy atom. The third kappa shape index (κ3) is 4.12. The van der Waals surface area contributed by atoms with Crippen LogP contribution in [0.5, 0.6) is 0 Å². The van der Waals surface area contributed by atoms with Crippen molar-refractivity contribution < 1.29 is 4.79 Å². The van der Waals surface area contributed by atoms with Gasteiger partial charge in [0, 0.05) is 18.0 Å². The number of rotatable bonds is 6. The van der Waals surface area contributed by atoms with Crippen LogP contribution in [-0.4, -0.2) is 18.5 Å². The lowest BCUT2D eigenvalue weighted by Gasteiger charge is -2.26. The Morgan fingerprint density at radius 2 is 2.00 bits per heavy atom. The molecule has 1 aliphatic rings. The van der Waals surface area contributed by atoms with Gasteiger partial charge in [-0.1, -0.05) is 27.7 Å². The lowest BCUT2D eigenvalue weighted by molar-refractivity contribution is -0.130. The molecule has 94 valence electrons. The molecule has 1 saturated carbocycles. The molecule has 0 aliphatic heterocycles. The van der Waals surface area contributed by atoms with Crippen molar-refractivity contribution in [3.8, 4) is 0 Å². The van der Waals surface area contributed by atoms with Crippen LogP contribution in [0.15, 0.2) is 0 Å². The minimum atomic E-state index is -0.280. The highest BCUT2D eigenvalue weighted by Crippen LogP contribution is 2.31. The molecule has 0 heterocycles. The average molecular weight is 226 g/mol. The second-order valence-corrected chi connectivity index (χ2v) is 6.19. The van der Waals surface area contributed by atoms with E-state index in [4.69, 9.17) is 5.73 Å². The fourth-order valence-corrected chi connectivity index (χ4v) is 2.25. The first-order chi connectivity index (χ1) is 7.33. The van der Waals surface area contributed by atoms with E-state index in [1.54, 1.807) is 0 Å². The van der Waals surface area contributed by atoms with Gasteiger partial charge in [0.2, 0.25) is 5.91 Å². The Morgan fingerprint density at radius 1 is 1.44 bits per heavy atom. The molecule has 1 unspecified atom stereocenters. The number of hydrogen-bond donors (Lipinski definition) is 2. The predicted molar refractivity (Wildman–Crippen MR) is 66.9 cm³/mol. The quantitative estimate of drug-likeness (QED) is 0.727. The normalized spacial score (nSPS) is 18.6. The van der Waals surface area contributed by atoms with Crippen molar-refractivity contribution >= 4 is 5.91 Å². The molecule has 16 heavy (non-hydrogen) atoms. The van der Waals surface area contributed by atoms with Gasteiger partial charge in [-0.25, -0.2) is 0 Å². The Hall–Kier alpha value is -0.570. The largest absolute Gasteiger partial charge is 0.354 e. The van der Waals surface area contributed by atoms with Gasteiger partial charge in [0.1, 0.15) is 0 Å². The van der Waals surface area contributed by atoms with E-state index in [9.17, 15) is 4.79 Å². The maximum absolute atomic E-state index is 12.0. The Balaban J connectivity index is 2.32. The van der Waals surface area contributed by atoms with Gasteiger partial charge in [-0.3, -0.25) is 4.79 Å². The summed E-state index contributed by atoms with van der Waals surface area (Å²) in [5.74, 6) is 1.32. The van der Waals surface area contributed by atoms with E-state index in [2.05, 4.69) is 19.2 Å². The number of amides is 1. The number of hydrogen-bond acceptors (Lipinski definition) is 2. The Bertz CT molecular complexity index is 244. The summed E-state index contributed by atoms with van der Waals surface area (Å²) in [4.78, 5) is 12.0. The van der Waals surface area contributed by atoms with Crippen molar-refractivity contribution in [1.29, 1.82) is 0 Å². The van der Waals surface area contributed by atoms with Gasteiger partial charge in [-0.2, -0.15) is 0 Å². The maximum Gasteiger partial charge on any atom is 0.225 e. The van der Waals surface area contributed by atoms with E-state index >= 15 is 0 Å². The van der Waals surface area contributed by atoms with Crippen LogP contribution in [0.3, 0.4) is 0 Å². The lowest BCUT2D eigenvalue weighted by atomic mass is 9.83. The number of carbonyl (C=O) groups excluding carboxylic acids is 1. The Labute approximate surface area is 99.2 Å². The van der Waals surface area contributed by atoms with Gasteiger partial charge in [-0.05, 0) is 31.1 Å². The van der Waals surface area contributed by atoms with Gasteiger partial charge in [-0.15, -0.1) is 0 Å². The van der Waals surface area contributed by atoms with Crippen LogP contribution in [-0.2, 0) is 4.79 Å². The molecule has 1 amide bonds. The van der Waals surface area contributed by atoms with E-state index in [0.29, 0.717) is 18.4 Å². The second-order valence-electron chi connectivity index (χ2n) is 6.19. The molecule has 0 spiro atoms. The van der Waals surface area contributed by atoms with Crippen molar-refractivity contribution in [2.24, 2.45) is 23.0 Å². The molecule has 0 aromatic rings. The smallest absolute Gasteiger partial charge is 0.225 e. The molecule has 0 aromatic heterocycles. The van der Waals surface area contributed by atoms with Crippen molar-refractivity contribution in [3.05, 3.63) is 0 Å². The summed E-state index contributed by atoms with van der Waals surface area (Å²) in [5, 5.41) is 2.99. The Kier molecular flexibility index (Phi) is 4.36. The van der Waals surface area contributed by atoms with E-state index in [-0.39, 0.29) is 17.4 Å². The third-order valence-electron chi connectivity index (χ3n) is 3.26. The maximum atomic E-state index is 12.0. The minimum Gasteiger partial charge on any atom is -0.354 e. The monoisotopic (exact) mass is 226 g/mol. The molecule has 0 radical (unpaired) electrons. The van der Waals surface area contributed by atoms with Crippen LogP contribution >= 0.6 is 0 Å². The van der Waals surface area contributed by atoms with Crippen LogP contribution in [0.1, 0.15) is 47.0 Å². The van der Waals surface area contributed by atoms with Crippen LogP contribution in [0.25, 0.3) is 0 Å². The predicted octanol–water partition coefficient (Wildman–Crippen LogP) is 1.91. The summed E-state index contributed by atoms with van der Waals surface area (Å²) in [7, 11) is 0. The van der Waals surface area contributed by atoms with E-state index < -0.39 is 0 Å². The molecule has 1 atom stereocenters. The third-order valence-corrected chi connectivity index (χ3v) is 3.26. The second kappa shape index (κ2) is 5.17. The average Bonchev–Trinajstić information content (AvgIpc) is 2.94. The molecule has 1 rings (SSSR count). The van der Waals surface area contributed by atoms with E-state index in [0.717, 1.165) is 6.42 Å². The number of nitrogens with one attached hydrogen (secondary N) is 1. The van der Waals surface area contributed by atoms with Gasteiger partial charge < -0.3 is 11.1 Å². The number of carbonyl (C=O) groups is 1. The van der Waals surface area contributed by atoms with Gasteiger partial charge in [0.05, 0.1) is 0 Å². The minimum absolute atomic E-state index is 0.136. The summed E-state index contributed by atoms with van der Waals surface area (Å²) >= 11 is 0. The van der Waals surface area contributed by atoms with Gasteiger partial charge >= 0.3 is 0 Å². The molecule has 3 heteroatoms. The zero-order valence-corrected chi connectivity index (χ0v) is 11.0. The summed E-state index contributed by atoms with van der Waals surface area (Å²) in [6, 6.07) is 0.152. The first kappa shape index (κ1) is 13.5. The highest BCUT2D eigenvalue weighted by molar-refractivity contribution is 5.81. The van der Waals surface area contributed by atoms with Crippen molar-refractivity contribution in [2.45, 2.75) is 53.0 Å². The zero-order chi connectivity index (χ0) is 12.3. The molecule has 0 aromatic carbocycles. The first-order valence-electron chi connectivity index (χ1n) is 6.37. The summed E-state index contributed by atoms with van der Waals surface area (Å²) < 4.78 is 0. The molecule has 1 fully saturated rings. The van der Waals surface area contributed by atoms with Crippen LogP contribution in [0, 0.1) is 17.3 Å². The highest BCUT2D eigenvalue weighted by Gasteiger charge is 2.31. The van der Waals surface area contributed by atoms with Crippen LogP contribution in [0.2, 0.25) is 0 Å². The molecule has 1 aliphatic carbocycles. The first-order valence-corrected chi connectivity index (χ1v) is 6.37. The molecular formula is C13H26N2O. The van der Waals surface area contributed by atoms with Crippen LogP contribution in [0.4, 0.5) is 0 Å². The fraction of sp³-hybridized carbons (Fsp3) is 0.923. The summed E-state index contributed by atoms with van der Waals surface area (Å²) in [6.07, 6.45) is 3.37. The highest BCUT2D eigenvalue weighted by atomic mass is 16.2. The van der Waals surface area contributed by atoms with E-state index in [1.807, 2.05) is 13.8 Å². The lowest BCUT2D eigenvalue weighted by Crippen LogP contribution is -2.44.